The van der Waals surface area contributed by atoms with Gasteiger partial charge in [0.2, 0.25) is 0 Å². The zero-order chi connectivity index (χ0) is 19.8. The number of ether oxygens (including phenoxy) is 2. The van der Waals surface area contributed by atoms with E-state index in [1.54, 1.807) is 42.5 Å². The molecule has 0 fully saturated rings. The molecule has 144 valence electrons. The Bertz CT molecular complexity index is 806. The summed E-state index contributed by atoms with van der Waals surface area (Å²) in [6.07, 6.45) is -0.0162. The molecule has 27 heavy (non-hydrogen) atoms. The van der Waals surface area contributed by atoms with Gasteiger partial charge in [-0.2, -0.15) is 0 Å². The summed E-state index contributed by atoms with van der Waals surface area (Å²) in [6, 6.07) is 11.7. The number of anilines is 1. The second-order valence-corrected chi connectivity index (χ2v) is 6.08. The smallest absolute Gasteiger partial charge is 0.255 e. The van der Waals surface area contributed by atoms with Crippen LogP contribution in [0.1, 0.15) is 34.6 Å². The van der Waals surface area contributed by atoms with Crippen LogP contribution in [0.15, 0.2) is 42.5 Å². The molecule has 0 aliphatic carbocycles. The normalized spacial score (nSPS) is 10.4. The number of methoxy groups -OCH3 is 1. The van der Waals surface area contributed by atoms with Gasteiger partial charge in [-0.25, -0.2) is 0 Å². The van der Waals surface area contributed by atoms with Gasteiger partial charge in [0, 0.05) is 18.7 Å². The molecule has 0 aromatic heterocycles. The molecule has 0 spiro atoms. The third kappa shape index (κ3) is 5.46. The van der Waals surface area contributed by atoms with Crippen LogP contribution >= 0.6 is 0 Å². The van der Waals surface area contributed by atoms with E-state index in [2.05, 4.69) is 10.6 Å². The minimum Gasteiger partial charge on any atom is -0.493 e. The van der Waals surface area contributed by atoms with E-state index in [1.165, 1.54) is 7.11 Å². The summed E-state index contributed by atoms with van der Waals surface area (Å²) >= 11 is 0. The Morgan fingerprint density at radius 2 is 1.81 bits per heavy atom. The van der Waals surface area contributed by atoms with Gasteiger partial charge in [0.15, 0.2) is 11.5 Å². The first-order valence-corrected chi connectivity index (χ1v) is 8.69. The van der Waals surface area contributed by atoms with Crippen molar-refractivity contribution in [3.8, 4) is 11.5 Å². The predicted octanol–water partition coefficient (Wildman–Crippen LogP) is 2.42. The van der Waals surface area contributed by atoms with E-state index in [0.717, 1.165) is 0 Å². The predicted molar refractivity (Wildman–Crippen MR) is 105 cm³/mol. The number of nitrogens with two attached hydrogens (primary N) is 1. The van der Waals surface area contributed by atoms with Gasteiger partial charge in [0.25, 0.3) is 11.8 Å². The molecule has 0 atom stereocenters. The third-order valence-electron chi connectivity index (χ3n) is 3.64. The molecule has 0 heterocycles. The Balaban J connectivity index is 2.21. The van der Waals surface area contributed by atoms with E-state index in [1.807, 2.05) is 13.8 Å². The minimum atomic E-state index is -0.358. The van der Waals surface area contributed by atoms with Gasteiger partial charge in [0.05, 0.1) is 24.5 Å². The fourth-order valence-corrected chi connectivity index (χ4v) is 2.43. The fraction of sp³-hybridized carbons (Fsp3) is 0.300. The maximum Gasteiger partial charge on any atom is 0.255 e. The second-order valence-electron chi connectivity index (χ2n) is 6.08. The maximum absolute atomic E-state index is 12.6. The molecule has 7 heteroatoms. The lowest BCUT2D eigenvalue weighted by atomic mass is 10.1. The van der Waals surface area contributed by atoms with Crippen molar-refractivity contribution in [2.45, 2.75) is 20.0 Å². The number of hydrogen-bond acceptors (Lipinski definition) is 5. The summed E-state index contributed by atoms with van der Waals surface area (Å²) in [4.78, 5) is 24.9. The molecular formula is C20H25N3O4. The molecule has 0 bridgehead atoms. The number of benzene rings is 2. The van der Waals surface area contributed by atoms with Crippen LogP contribution in [-0.2, 0) is 0 Å². The van der Waals surface area contributed by atoms with Crippen molar-refractivity contribution >= 4 is 17.5 Å². The van der Waals surface area contributed by atoms with E-state index in [9.17, 15) is 9.59 Å². The van der Waals surface area contributed by atoms with Crippen molar-refractivity contribution < 1.29 is 19.1 Å². The molecule has 2 aromatic rings. The topological polar surface area (TPSA) is 103 Å². The minimum absolute atomic E-state index is 0.0162. The number of carbonyl (C=O) groups excluding carboxylic acids is 2. The Morgan fingerprint density at radius 1 is 1.07 bits per heavy atom. The number of rotatable bonds is 8. The van der Waals surface area contributed by atoms with E-state index in [4.69, 9.17) is 15.2 Å². The standard InChI is InChI=1S/C20H25N3O4/c1-13(2)27-17-9-8-14(12-18(17)26-3)19(24)23-16-7-5-4-6-15(16)20(25)22-11-10-21/h4-9,12-13H,10-11,21H2,1-3H3,(H,22,25)(H,23,24). The first-order valence-electron chi connectivity index (χ1n) is 8.69. The van der Waals surface area contributed by atoms with Gasteiger partial charge in [-0.05, 0) is 44.2 Å². The van der Waals surface area contributed by atoms with E-state index < -0.39 is 0 Å². The van der Waals surface area contributed by atoms with E-state index in [0.29, 0.717) is 41.4 Å². The number of carbonyl (C=O) groups is 2. The first kappa shape index (κ1) is 20.3. The zero-order valence-electron chi connectivity index (χ0n) is 15.7. The van der Waals surface area contributed by atoms with E-state index in [-0.39, 0.29) is 17.9 Å². The first-order chi connectivity index (χ1) is 13.0. The summed E-state index contributed by atoms with van der Waals surface area (Å²) in [6.45, 7) is 4.51. The van der Waals surface area contributed by atoms with Crippen LogP contribution in [-0.4, -0.2) is 38.1 Å². The SMILES string of the molecule is COc1cc(C(=O)Nc2ccccc2C(=O)NCCN)ccc1OC(C)C. The molecule has 0 radical (unpaired) electrons. The molecule has 2 rings (SSSR count). The largest absolute Gasteiger partial charge is 0.493 e. The van der Waals surface area contributed by atoms with Crippen LogP contribution in [0.5, 0.6) is 11.5 Å². The summed E-state index contributed by atoms with van der Waals surface area (Å²) in [5, 5.41) is 5.46. The average Bonchev–Trinajstić information content (AvgIpc) is 2.66. The number of amides is 2. The van der Waals surface area contributed by atoms with Crippen LogP contribution in [0.2, 0.25) is 0 Å². The van der Waals surface area contributed by atoms with Crippen molar-refractivity contribution in [1.29, 1.82) is 0 Å². The molecule has 4 N–H and O–H groups in total. The molecule has 7 nitrogen and oxygen atoms in total. The zero-order valence-corrected chi connectivity index (χ0v) is 15.7. The van der Waals surface area contributed by atoms with Crippen LogP contribution in [0, 0.1) is 0 Å². The molecule has 2 aromatic carbocycles. The molecular weight excluding hydrogens is 346 g/mol. The highest BCUT2D eigenvalue weighted by Crippen LogP contribution is 2.29. The molecule has 0 unspecified atom stereocenters. The summed E-state index contributed by atoms with van der Waals surface area (Å²) in [7, 11) is 1.52. The number of hydrogen-bond donors (Lipinski definition) is 3. The third-order valence-corrected chi connectivity index (χ3v) is 3.64. The van der Waals surface area contributed by atoms with E-state index >= 15 is 0 Å². The summed E-state index contributed by atoms with van der Waals surface area (Å²) in [5.74, 6) is 0.369. The maximum atomic E-state index is 12.6. The lowest BCUT2D eigenvalue weighted by molar-refractivity contribution is 0.0955. The Labute approximate surface area is 158 Å². The molecule has 0 aliphatic heterocycles. The highest BCUT2D eigenvalue weighted by Gasteiger charge is 2.16. The Hall–Kier alpha value is -3.06. The van der Waals surface area contributed by atoms with Crippen molar-refractivity contribution in [1.82, 2.24) is 5.32 Å². The number of para-hydroxylation sites is 1. The quantitative estimate of drug-likeness (QED) is 0.661. The fourth-order valence-electron chi connectivity index (χ4n) is 2.43. The van der Waals surface area contributed by atoms with Crippen LogP contribution < -0.4 is 25.8 Å². The Morgan fingerprint density at radius 3 is 2.48 bits per heavy atom. The highest BCUT2D eigenvalue weighted by molar-refractivity contribution is 6.09. The van der Waals surface area contributed by atoms with Gasteiger partial charge in [-0.3, -0.25) is 9.59 Å². The molecule has 0 saturated heterocycles. The van der Waals surface area contributed by atoms with Crippen molar-refractivity contribution in [2.24, 2.45) is 5.73 Å². The molecule has 2 amide bonds. The average molecular weight is 371 g/mol. The monoisotopic (exact) mass is 371 g/mol. The van der Waals surface area contributed by atoms with Crippen LogP contribution in [0.4, 0.5) is 5.69 Å². The van der Waals surface area contributed by atoms with Gasteiger partial charge in [-0.1, -0.05) is 12.1 Å². The van der Waals surface area contributed by atoms with Gasteiger partial charge < -0.3 is 25.8 Å². The number of nitrogens with one attached hydrogen (secondary N) is 2. The molecule has 0 saturated carbocycles. The van der Waals surface area contributed by atoms with Gasteiger partial charge in [-0.15, -0.1) is 0 Å². The van der Waals surface area contributed by atoms with Crippen LogP contribution in [0.3, 0.4) is 0 Å². The van der Waals surface area contributed by atoms with Crippen LogP contribution in [0.25, 0.3) is 0 Å². The lowest BCUT2D eigenvalue weighted by Crippen LogP contribution is -2.30. The highest BCUT2D eigenvalue weighted by atomic mass is 16.5. The van der Waals surface area contributed by atoms with Crippen molar-refractivity contribution in [3.63, 3.8) is 0 Å². The van der Waals surface area contributed by atoms with Gasteiger partial charge in [0.1, 0.15) is 0 Å². The van der Waals surface area contributed by atoms with Crippen molar-refractivity contribution in [3.05, 3.63) is 53.6 Å². The lowest BCUT2D eigenvalue weighted by Gasteiger charge is -2.15. The summed E-state index contributed by atoms with van der Waals surface area (Å²) in [5.41, 5.74) is 6.58. The molecule has 0 aliphatic rings. The summed E-state index contributed by atoms with van der Waals surface area (Å²) < 4.78 is 11.0. The van der Waals surface area contributed by atoms with Gasteiger partial charge >= 0.3 is 0 Å². The Kier molecular flexibility index (Phi) is 7.19. The second kappa shape index (κ2) is 9.59. The van der Waals surface area contributed by atoms with Crippen molar-refractivity contribution in [2.75, 3.05) is 25.5 Å².